The number of amides is 4. The molecule has 1 atom stereocenters. The Hall–Kier alpha value is -3.55. The molecule has 0 spiro atoms. The van der Waals surface area contributed by atoms with Gasteiger partial charge in [0.1, 0.15) is 17.0 Å². The summed E-state index contributed by atoms with van der Waals surface area (Å²) in [6, 6.07) is 13.5. The van der Waals surface area contributed by atoms with Crippen LogP contribution in [0.2, 0.25) is 0 Å². The maximum Gasteiger partial charge on any atom is 0.344 e. The molecule has 1 aliphatic rings. The molecule has 0 saturated carbocycles. The van der Waals surface area contributed by atoms with Crippen LogP contribution < -0.4 is 20.2 Å². The number of rotatable bonds is 7. The van der Waals surface area contributed by atoms with Gasteiger partial charge in [0.15, 0.2) is 6.61 Å². The molecule has 3 rings (SSSR count). The number of hydrazine groups is 1. The summed E-state index contributed by atoms with van der Waals surface area (Å²) in [5, 5.41) is 3.31. The minimum absolute atomic E-state index is 0.223. The number of methoxy groups -OCH3 is 1. The molecule has 1 heterocycles. The summed E-state index contributed by atoms with van der Waals surface area (Å²) >= 11 is 0. The summed E-state index contributed by atoms with van der Waals surface area (Å²) in [6.07, 6.45) is 0. The maximum atomic E-state index is 12.9. The van der Waals surface area contributed by atoms with Gasteiger partial charge in [0.05, 0.1) is 7.11 Å². The van der Waals surface area contributed by atoms with E-state index in [9.17, 15) is 14.4 Å². The van der Waals surface area contributed by atoms with Crippen molar-refractivity contribution in [2.75, 3.05) is 13.7 Å². The quantitative estimate of drug-likeness (QED) is 0.683. The Balaban J connectivity index is 1.67. The smallest absolute Gasteiger partial charge is 0.344 e. The van der Waals surface area contributed by atoms with E-state index in [0.29, 0.717) is 22.1 Å². The lowest BCUT2D eigenvalue weighted by Gasteiger charge is -2.22. The number of nitrogens with zero attached hydrogens (tertiary/aromatic N) is 1. The number of carbonyl (C=O) groups is 3. The topological polar surface area (TPSA) is 97.0 Å². The number of carbonyl (C=O) groups excluding carboxylic acids is 3. The van der Waals surface area contributed by atoms with E-state index in [1.807, 2.05) is 32.0 Å². The number of hydrogen-bond donors (Lipinski definition) is 2. The third-order valence-corrected chi connectivity index (χ3v) is 4.99. The first-order chi connectivity index (χ1) is 14.3. The zero-order valence-corrected chi connectivity index (χ0v) is 17.4. The van der Waals surface area contributed by atoms with Gasteiger partial charge in [-0.05, 0) is 42.2 Å². The molecule has 0 aliphatic carbocycles. The molecule has 158 valence electrons. The van der Waals surface area contributed by atoms with Gasteiger partial charge in [-0.15, -0.1) is 0 Å². The molecule has 4 amide bonds. The van der Waals surface area contributed by atoms with Crippen LogP contribution >= 0.6 is 0 Å². The monoisotopic (exact) mass is 411 g/mol. The Morgan fingerprint density at radius 3 is 2.43 bits per heavy atom. The second-order valence-corrected chi connectivity index (χ2v) is 7.44. The lowest BCUT2D eigenvalue weighted by Crippen LogP contribution is -2.49. The van der Waals surface area contributed by atoms with Crippen molar-refractivity contribution in [1.82, 2.24) is 15.8 Å². The van der Waals surface area contributed by atoms with Crippen LogP contribution in [0.25, 0.3) is 0 Å². The van der Waals surface area contributed by atoms with Gasteiger partial charge in [-0.3, -0.25) is 15.0 Å². The highest BCUT2D eigenvalue weighted by atomic mass is 16.5. The van der Waals surface area contributed by atoms with Crippen molar-refractivity contribution in [1.29, 1.82) is 0 Å². The normalized spacial score (nSPS) is 18.4. The minimum Gasteiger partial charge on any atom is -0.497 e. The van der Waals surface area contributed by atoms with Crippen molar-refractivity contribution in [2.24, 2.45) is 0 Å². The van der Waals surface area contributed by atoms with E-state index in [1.165, 1.54) is 7.11 Å². The summed E-state index contributed by atoms with van der Waals surface area (Å²) in [6.45, 7) is 5.29. The molecule has 0 aromatic heterocycles. The molecule has 8 heteroatoms. The van der Waals surface area contributed by atoms with Gasteiger partial charge in [0.25, 0.3) is 11.8 Å². The van der Waals surface area contributed by atoms with E-state index < -0.39 is 23.4 Å². The second kappa shape index (κ2) is 8.44. The average Bonchev–Trinajstić information content (AvgIpc) is 2.96. The number of urea groups is 1. The number of benzene rings is 2. The van der Waals surface area contributed by atoms with Crippen LogP contribution in [-0.4, -0.2) is 36.6 Å². The number of nitrogens with one attached hydrogen (secondary N) is 2. The minimum atomic E-state index is -1.30. The molecule has 1 saturated heterocycles. The maximum absolute atomic E-state index is 12.9. The molecule has 1 aliphatic heterocycles. The third-order valence-electron chi connectivity index (χ3n) is 4.99. The summed E-state index contributed by atoms with van der Waals surface area (Å²) in [4.78, 5) is 37.6. The summed E-state index contributed by atoms with van der Waals surface area (Å²) < 4.78 is 10.7. The van der Waals surface area contributed by atoms with Crippen molar-refractivity contribution in [3.05, 3.63) is 59.7 Å². The zero-order chi connectivity index (χ0) is 21.9. The van der Waals surface area contributed by atoms with E-state index in [1.54, 1.807) is 37.3 Å². The summed E-state index contributed by atoms with van der Waals surface area (Å²) in [5.74, 6) is 0.232. The first kappa shape index (κ1) is 21.2. The Kier molecular flexibility index (Phi) is 5.96. The van der Waals surface area contributed by atoms with Crippen LogP contribution in [0.1, 0.15) is 37.8 Å². The lowest BCUT2D eigenvalue weighted by atomic mass is 9.92. The Bertz CT molecular complexity index is 958. The SMILES string of the molecule is COc1ccc([C@]2(C)NC(=O)N(NC(=O)COc3ccccc3C(C)C)C2=O)cc1. The predicted octanol–water partition coefficient (Wildman–Crippen LogP) is 2.70. The van der Waals surface area contributed by atoms with E-state index >= 15 is 0 Å². The van der Waals surface area contributed by atoms with E-state index in [-0.39, 0.29) is 12.5 Å². The van der Waals surface area contributed by atoms with Crippen molar-refractivity contribution < 1.29 is 23.9 Å². The second-order valence-electron chi connectivity index (χ2n) is 7.44. The molecule has 30 heavy (non-hydrogen) atoms. The van der Waals surface area contributed by atoms with Gasteiger partial charge >= 0.3 is 6.03 Å². The van der Waals surface area contributed by atoms with Crippen molar-refractivity contribution in [2.45, 2.75) is 32.2 Å². The Morgan fingerprint density at radius 1 is 1.13 bits per heavy atom. The zero-order valence-electron chi connectivity index (χ0n) is 17.4. The van der Waals surface area contributed by atoms with Crippen LogP contribution in [0.4, 0.5) is 4.79 Å². The Labute approximate surface area is 175 Å². The van der Waals surface area contributed by atoms with Crippen molar-refractivity contribution >= 4 is 17.8 Å². The van der Waals surface area contributed by atoms with Crippen molar-refractivity contribution in [3.8, 4) is 11.5 Å². The van der Waals surface area contributed by atoms with Crippen LogP contribution in [0.15, 0.2) is 48.5 Å². The standard InChI is InChI=1S/C22H25N3O5/c1-14(2)17-7-5-6-8-18(17)30-13-19(26)24-25-20(27)22(3,23-21(25)28)15-9-11-16(29-4)12-10-15/h5-12,14H,13H2,1-4H3,(H,23,28)(H,24,26)/t22-/m0/s1. The summed E-state index contributed by atoms with van der Waals surface area (Å²) in [5.41, 5.74) is 2.56. The highest BCUT2D eigenvalue weighted by molar-refractivity contribution is 6.08. The number of ether oxygens (including phenoxy) is 2. The van der Waals surface area contributed by atoms with Crippen LogP contribution in [-0.2, 0) is 15.1 Å². The first-order valence-corrected chi connectivity index (χ1v) is 9.58. The number of hydrogen-bond acceptors (Lipinski definition) is 5. The summed E-state index contributed by atoms with van der Waals surface area (Å²) in [7, 11) is 1.54. The molecule has 2 N–H and O–H groups in total. The molecule has 1 fully saturated rings. The van der Waals surface area contributed by atoms with E-state index in [4.69, 9.17) is 9.47 Å². The Morgan fingerprint density at radius 2 is 1.80 bits per heavy atom. The van der Waals surface area contributed by atoms with Gasteiger partial charge in [-0.2, -0.15) is 5.01 Å². The molecule has 0 unspecified atom stereocenters. The fourth-order valence-corrected chi connectivity index (χ4v) is 3.25. The molecule has 2 aromatic rings. The largest absolute Gasteiger partial charge is 0.497 e. The van der Waals surface area contributed by atoms with Gasteiger partial charge in [0.2, 0.25) is 0 Å². The van der Waals surface area contributed by atoms with E-state index in [2.05, 4.69) is 10.7 Å². The van der Waals surface area contributed by atoms with Crippen LogP contribution in [0.3, 0.4) is 0 Å². The molecule has 0 bridgehead atoms. The first-order valence-electron chi connectivity index (χ1n) is 9.58. The van der Waals surface area contributed by atoms with E-state index in [0.717, 1.165) is 5.56 Å². The molecular formula is C22H25N3O5. The molecule has 2 aromatic carbocycles. The van der Waals surface area contributed by atoms with Gasteiger partial charge in [-0.1, -0.05) is 44.2 Å². The fraction of sp³-hybridized carbons (Fsp3) is 0.318. The highest BCUT2D eigenvalue weighted by Gasteiger charge is 2.50. The van der Waals surface area contributed by atoms with Crippen molar-refractivity contribution in [3.63, 3.8) is 0 Å². The fourth-order valence-electron chi connectivity index (χ4n) is 3.25. The lowest BCUT2D eigenvalue weighted by molar-refractivity contribution is -0.139. The third kappa shape index (κ3) is 4.07. The highest BCUT2D eigenvalue weighted by Crippen LogP contribution is 2.29. The van der Waals surface area contributed by atoms with Crippen LogP contribution in [0, 0.1) is 0 Å². The molecule has 0 radical (unpaired) electrons. The van der Waals surface area contributed by atoms with Crippen LogP contribution in [0.5, 0.6) is 11.5 Å². The number of para-hydroxylation sites is 1. The predicted molar refractivity (Wildman–Crippen MR) is 110 cm³/mol. The van der Waals surface area contributed by atoms with Gasteiger partial charge in [0, 0.05) is 0 Å². The average molecular weight is 411 g/mol. The van der Waals surface area contributed by atoms with Gasteiger partial charge in [-0.25, -0.2) is 4.79 Å². The van der Waals surface area contributed by atoms with Gasteiger partial charge < -0.3 is 14.8 Å². The molecular weight excluding hydrogens is 386 g/mol. The number of imide groups is 1. The molecule has 8 nitrogen and oxygen atoms in total.